The SMILES string of the molecule is CCCCC/C=C\C/C=C\C/C=C\C/C=C\CCCCCC(=O)OCC(O)COP(=O)(O)OCC(NC(=O)CCCCCCCCCCCCCCC/C=C\C/C=C\CCCCC)C(=O)O. The molecule has 0 radical (unpaired) electrons. The molecule has 0 aromatic heterocycles. The van der Waals surface area contributed by atoms with Gasteiger partial charge >= 0.3 is 19.8 Å². The molecule has 0 aromatic carbocycles. The Balaban J connectivity index is 3.87. The number of allylic oxidation sites excluding steroid dienone is 12. The molecule has 0 saturated heterocycles. The second kappa shape index (κ2) is 48.4. The lowest BCUT2D eigenvalue weighted by Gasteiger charge is -2.18. The molecule has 66 heavy (non-hydrogen) atoms. The lowest BCUT2D eigenvalue weighted by Crippen LogP contribution is -2.43. The lowest BCUT2D eigenvalue weighted by molar-refractivity contribution is -0.147. The van der Waals surface area contributed by atoms with Crippen LogP contribution in [0.15, 0.2) is 72.9 Å². The quantitative estimate of drug-likeness (QED) is 0.0199. The Kier molecular flexibility index (Phi) is 46.1. The van der Waals surface area contributed by atoms with Crippen LogP contribution < -0.4 is 5.32 Å². The molecule has 1 amide bonds. The van der Waals surface area contributed by atoms with Gasteiger partial charge in [-0.1, -0.05) is 189 Å². The van der Waals surface area contributed by atoms with Crippen LogP contribution in [-0.2, 0) is 32.7 Å². The molecule has 4 N–H and O–H groups in total. The van der Waals surface area contributed by atoms with Gasteiger partial charge in [0.25, 0.3) is 0 Å². The molecule has 0 bridgehead atoms. The van der Waals surface area contributed by atoms with Crippen molar-refractivity contribution in [2.24, 2.45) is 0 Å². The Morgan fingerprint density at radius 3 is 1.26 bits per heavy atom. The van der Waals surface area contributed by atoms with E-state index in [0.717, 1.165) is 64.2 Å². The maximum Gasteiger partial charge on any atom is 0.472 e. The van der Waals surface area contributed by atoms with E-state index in [1.807, 2.05) is 0 Å². The number of aliphatic hydroxyl groups excluding tert-OH is 1. The second-order valence-electron chi connectivity index (χ2n) is 17.4. The smallest absolute Gasteiger partial charge is 0.472 e. The van der Waals surface area contributed by atoms with Crippen molar-refractivity contribution in [3.63, 3.8) is 0 Å². The van der Waals surface area contributed by atoms with Gasteiger partial charge in [0.05, 0.1) is 13.2 Å². The van der Waals surface area contributed by atoms with E-state index in [9.17, 15) is 34.1 Å². The summed E-state index contributed by atoms with van der Waals surface area (Å²) in [6, 6.07) is -1.56. The van der Waals surface area contributed by atoms with E-state index in [4.69, 9.17) is 13.8 Å². The van der Waals surface area contributed by atoms with E-state index in [2.05, 4.69) is 92.1 Å². The number of aliphatic carboxylic acids is 1. The molecule has 0 aliphatic carbocycles. The highest BCUT2D eigenvalue weighted by Crippen LogP contribution is 2.43. The second-order valence-corrected chi connectivity index (χ2v) is 18.8. The number of carboxylic acids is 1. The molecule has 0 rings (SSSR count). The lowest BCUT2D eigenvalue weighted by atomic mass is 10.0. The zero-order valence-corrected chi connectivity index (χ0v) is 42.4. The molecule has 12 heteroatoms. The maximum atomic E-state index is 12.4. The molecule has 0 saturated carbocycles. The van der Waals surface area contributed by atoms with Crippen LogP contribution in [-0.4, -0.2) is 64.9 Å². The van der Waals surface area contributed by atoms with Crippen molar-refractivity contribution in [1.29, 1.82) is 0 Å². The average molecular weight is 948 g/mol. The van der Waals surface area contributed by atoms with Crippen molar-refractivity contribution in [3.8, 4) is 0 Å². The number of esters is 1. The maximum absolute atomic E-state index is 12.4. The summed E-state index contributed by atoms with van der Waals surface area (Å²) in [5.74, 6) is -2.41. The number of rotatable bonds is 48. The largest absolute Gasteiger partial charge is 0.480 e. The highest BCUT2D eigenvalue weighted by molar-refractivity contribution is 7.47. The van der Waals surface area contributed by atoms with E-state index in [-0.39, 0.29) is 12.8 Å². The zero-order valence-electron chi connectivity index (χ0n) is 41.5. The third kappa shape index (κ3) is 47.4. The summed E-state index contributed by atoms with van der Waals surface area (Å²) in [4.78, 5) is 46.1. The summed E-state index contributed by atoms with van der Waals surface area (Å²) in [5, 5.41) is 21.9. The number of phosphoric acid groups is 1. The van der Waals surface area contributed by atoms with Gasteiger partial charge in [0, 0.05) is 12.8 Å². The van der Waals surface area contributed by atoms with Gasteiger partial charge in [0.1, 0.15) is 12.7 Å². The summed E-state index contributed by atoms with van der Waals surface area (Å²) in [6.07, 6.45) is 59.2. The van der Waals surface area contributed by atoms with Crippen LogP contribution in [0.25, 0.3) is 0 Å². The van der Waals surface area contributed by atoms with Gasteiger partial charge in [-0.05, 0) is 89.9 Å². The van der Waals surface area contributed by atoms with Crippen LogP contribution in [0.4, 0.5) is 0 Å². The van der Waals surface area contributed by atoms with Gasteiger partial charge in [-0.25, -0.2) is 9.36 Å². The topological polar surface area (TPSA) is 169 Å². The van der Waals surface area contributed by atoms with Crippen molar-refractivity contribution >= 4 is 25.7 Å². The van der Waals surface area contributed by atoms with Gasteiger partial charge in [-0.3, -0.25) is 18.6 Å². The molecule has 0 aliphatic heterocycles. The summed E-state index contributed by atoms with van der Waals surface area (Å²) in [5.41, 5.74) is 0. The first kappa shape index (κ1) is 62.9. The normalized spacial score (nSPS) is 14.1. The molecule has 0 aromatic rings. The monoisotopic (exact) mass is 948 g/mol. The molecule has 0 fully saturated rings. The molecule has 11 nitrogen and oxygen atoms in total. The van der Waals surface area contributed by atoms with Crippen LogP contribution in [0.5, 0.6) is 0 Å². The molecule has 0 aliphatic rings. The Hall–Kier alpha value is -3.08. The predicted octanol–water partition coefficient (Wildman–Crippen LogP) is 14.5. The van der Waals surface area contributed by atoms with Crippen LogP contribution in [0.1, 0.15) is 219 Å². The van der Waals surface area contributed by atoms with Gasteiger partial charge in [-0.15, -0.1) is 0 Å². The Morgan fingerprint density at radius 2 is 0.833 bits per heavy atom. The Labute approximate surface area is 401 Å². The molecular weight excluding hydrogens is 854 g/mol. The number of unbranched alkanes of at least 4 members (excludes halogenated alkanes) is 22. The van der Waals surface area contributed by atoms with Crippen molar-refractivity contribution in [1.82, 2.24) is 5.32 Å². The van der Waals surface area contributed by atoms with E-state index >= 15 is 0 Å². The minimum Gasteiger partial charge on any atom is -0.480 e. The van der Waals surface area contributed by atoms with Gasteiger partial charge in [-0.2, -0.15) is 0 Å². The summed E-state index contributed by atoms with van der Waals surface area (Å²) < 4.78 is 26.9. The number of hydrogen-bond acceptors (Lipinski definition) is 8. The van der Waals surface area contributed by atoms with Crippen LogP contribution in [0.2, 0.25) is 0 Å². The fourth-order valence-corrected chi connectivity index (χ4v) is 7.69. The first-order chi connectivity index (χ1) is 32.1. The number of amides is 1. The number of aliphatic hydroxyl groups is 1. The fraction of sp³-hybridized carbons (Fsp3) is 0.722. The van der Waals surface area contributed by atoms with Gasteiger partial charge in [0.2, 0.25) is 5.91 Å². The number of carboxylic acid groups (broad SMARTS) is 1. The van der Waals surface area contributed by atoms with E-state index in [1.54, 1.807) is 0 Å². The molecular formula is C54H94NO10P. The van der Waals surface area contributed by atoms with E-state index in [1.165, 1.54) is 116 Å². The third-order valence-electron chi connectivity index (χ3n) is 11.0. The molecule has 0 spiro atoms. The number of hydrogen-bond donors (Lipinski definition) is 4. The first-order valence-electron chi connectivity index (χ1n) is 26.0. The standard InChI is InChI=1S/C54H94NO10P/c1-3-5-7-9-11-13-15-17-19-21-23-24-25-26-28-29-31-33-35-37-39-41-43-45-52(57)55-51(54(59)60)49-65-66(61,62)64-48-50(56)47-63-53(58)46-44-42-40-38-36-34-32-30-27-22-20-18-16-14-12-10-8-6-4-2/h11-14,17-20,27,30,34,36,50-51,56H,3-10,15-16,21-26,28-29,31-33,35,37-49H2,1-2H3,(H,55,57)(H,59,60)(H,61,62)/b13-11-,14-12-,19-17-,20-18-,30-27-,36-34-. The Morgan fingerprint density at radius 1 is 0.485 bits per heavy atom. The van der Waals surface area contributed by atoms with Crippen LogP contribution in [0.3, 0.4) is 0 Å². The summed E-state index contributed by atoms with van der Waals surface area (Å²) in [7, 11) is -4.77. The predicted molar refractivity (Wildman–Crippen MR) is 272 cm³/mol. The number of carbonyl (C=O) groups excluding carboxylic acids is 2. The summed E-state index contributed by atoms with van der Waals surface area (Å²) in [6.45, 7) is 2.53. The minimum atomic E-state index is -4.77. The van der Waals surface area contributed by atoms with Crippen LogP contribution >= 0.6 is 7.82 Å². The van der Waals surface area contributed by atoms with Crippen molar-refractivity contribution in [3.05, 3.63) is 72.9 Å². The van der Waals surface area contributed by atoms with Crippen LogP contribution in [0, 0.1) is 0 Å². The number of phosphoric ester groups is 1. The molecule has 380 valence electrons. The average Bonchev–Trinajstić information content (AvgIpc) is 3.29. The van der Waals surface area contributed by atoms with E-state index in [0.29, 0.717) is 12.8 Å². The summed E-state index contributed by atoms with van der Waals surface area (Å²) >= 11 is 0. The number of carbonyl (C=O) groups is 3. The zero-order chi connectivity index (χ0) is 48.4. The van der Waals surface area contributed by atoms with Gasteiger partial charge < -0.3 is 25.2 Å². The highest BCUT2D eigenvalue weighted by atomic mass is 31.2. The number of ether oxygens (including phenoxy) is 1. The van der Waals surface area contributed by atoms with Crippen molar-refractivity contribution < 1.29 is 47.8 Å². The van der Waals surface area contributed by atoms with E-state index < -0.39 is 57.6 Å². The Bertz CT molecular complexity index is 1390. The first-order valence-corrected chi connectivity index (χ1v) is 27.5. The highest BCUT2D eigenvalue weighted by Gasteiger charge is 2.28. The van der Waals surface area contributed by atoms with Crippen molar-refractivity contribution in [2.75, 3.05) is 19.8 Å². The molecule has 3 unspecified atom stereocenters. The molecule has 0 heterocycles. The van der Waals surface area contributed by atoms with Gasteiger partial charge in [0.15, 0.2) is 6.04 Å². The third-order valence-corrected chi connectivity index (χ3v) is 11.9. The molecule has 3 atom stereocenters. The minimum absolute atomic E-state index is 0.140. The van der Waals surface area contributed by atoms with Crippen molar-refractivity contribution in [2.45, 2.75) is 231 Å². The number of nitrogens with one attached hydrogen (secondary N) is 1. The fourth-order valence-electron chi connectivity index (χ4n) is 6.92.